The van der Waals surface area contributed by atoms with E-state index in [1.54, 1.807) is 0 Å². The monoisotopic (exact) mass is 413 g/mol. The van der Waals surface area contributed by atoms with E-state index in [9.17, 15) is 0 Å². The van der Waals surface area contributed by atoms with Crippen LogP contribution in [-0.4, -0.2) is 35.8 Å². The Morgan fingerprint density at radius 3 is 2.97 bits per heavy atom. The van der Waals surface area contributed by atoms with Gasteiger partial charge >= 0.3 is 0 Å². The zero-order valence-electron chi connectivity index (χ0n) is 17.8. The van der Waals surface area contributed by atoms with Crippen LogP contribution in [0.15, 0.2) is 48.5 Å². The summed E-state index contributed by atoms with van der Waals surface area (Å²) in [6.07, 6.45) is 3.48. The molecule has 0 bridgehead atoms. The van der Waals surface area contributed by atoms with Gasteiger partial charge < -0.3 is 19.8 Å². The van der Waals surface area contributed by atoms with Crippen LogP contribution in [0.2, 0.25) is 0 Å². The van der Waals surface area contributed by atoms with Crippen molar-refractivity contribution >= 4 is 21.8 Å². The zero-order valence-corrected chi connectivity index (χ0v) is 17.8. The second-order valence-corrected chi connectivity index (χ2v) is 8.86. The Morgan fingerprint density at radius 2 is 2.00 bits per heavy atom. The number of nitrogens with zero attached hydrogens (tertiary/aromatic N) is 1. The molecule has 0 fully saturated rings. The summed E-state index contributed by atoms with van der Waals surface area (Å²) in [5.41, 5.74) is 6.16. The van der Waals surface area contributed by atoms with Gasteiger partial charge in [0.15, 0.2) is 11.5 Å². The van der Waals surface area contributed by atoms with E-state index in [4.69, 9.17) is 9.47 Å². The third-order valence-corrected chi connectivity index (χ3v) is 6.64. The largest absolute Gasteiger partial charge is 0.486 e. The number of para-hydroxylation sites is 1. The molecule has 2 aromatic carbocycles. The van der Waals surface area contributed by atoms with E-state index in [1.807, 2.05) is 25.1 Å². The Bertz CT molecular complexity index is 1260. The minimum Gasteiger partial charge on any atom is -0.486 e. The van der Waals surface area contributed by atoms with E-state index < -0.39 is 0 Å². The number of aryl methyl sites for hydroxylation is 2. The summed E-state index contributed by atoms with van der Waals surface area (Å²) >= 11 is 0. The van der Waals surface area contributed by atoms with Crippen molar-refractivity contribution in [1.29, 1.82) is 0 Å². The average molecular weight is 414 g/mol. The molecule has 2 aromatic heterocycles. The van der Waals surface area contributed by atoms with Gasteiger partial charge in [-0.1, -0.05) is 18.2 Å². The maximum Gasteiger partial charge on any atom is 0.171 e. The number of hydrogen-bond donors (Lipinski definition) is 2. The number of H-pyrrole nitrogens is 1. The van der Waals surface area contributed by atoms with E-state index in [0.29, 0.717) is 12.5 Å². The van der Waals surface area contributed by atoms with Crippen LogP contribution in [0.5, 0.6) is 11.5 Å². The van der Waals surface area contributed by atoms with E-state index in [0.717, 1.165) is 54.0 Å². The molecule has 1 unspecified atom stereocenters. The van der Waals surface area contributed by atoms with E-state index in [2.05, 4.69) is 45.6 Å². The molecule has 2 N–H and O–H groups in total. The van der Waals surface area contributed by atoms with Gasteiger partial charge in [0.05, 0.1) is 5.52 Å². The Hall–Kier alpha value is -3.05. The summed E-state index contributed by atoms with van der Waals surface area (Å²) in [7, 11) is 0. The van der Waals surface area contributed by atoms with Crippen molar-refractivity contribution in [3.8, 4) is 11.5 Å². The van der Waals surface area contributed by atoms with Gasteiger partial charge in [-0.05, 0) is 74.5 Å². The number of fused-ring (bicyclic) bond motifs is 6. The van der Waals surface area contributed by atoms with Crippen molar-refractivity contribution in [3.63, 3.8) is 0 Å². The fraction of sp³-hybridized carbons (Fsp3) is 0.346. The average Bonchev–Trinajstić information content (AvgIpc) is 3.17. The predicted octanol–water partition coefficient (Wildman–Crippen LogP) is 4.56. The number of ether oxygens (including phenoxy) is 2. The minimum absolute atomic E-state index is 0.00615. The van der Waals surface area contributed by atoms with Crippen LogP contribution in [0, 0.1) is 12.8 Å². The van der Waals surface area contributed by atoms with Crippen molar-refractivity contribution in [3.05, 3.63) is 65.5 Å². The molecule has 1 aliphatic carbocycles. The predicted molar refractivity (Wildman–Crippen MR) is 123 cm³/mol. The molecule has 2 atom stereocenters. The maximum atomic E-state index is 6.34. The Balaban J connectivity index is 1.10. The lowest BCUT2D eigenvalue weighted by Crippen LogP contribution is -2.40. The van der Waals surface area contributed by atoms with Gasteiger partial charge in [0.1, 0.15) is 12.7 Å². The molecule has 6 rings (SSSR count). The molecular formula is C26H27N3O2. The molecule has 4 aromatic rings. The van der Waals surface area contributed by atoms with Crippen LogP contribution >= 0.6 is 0 Å². The molecule has 31 heavy (non-hydrogen) atoms. The summed E-state index contributed by atoms with van der Waals surface area (Å²) in [5, 5.41) is 6.06. The fourth-order valence-electron chi connectivity index (χ4n) is 5.04. The maximum absolute atomic E-state index is 6.34. The lowest BCUT2D eigenvalue weighted by Gasteiger charge is -2.29. The van der Waals surface area contributed by atoms with Gasteiger partial charge in [-0.3, -0.25) is 4.98 Å². The highest BCUT2D eigenvalue weighted by atomic mass is 16.6. The van der Waals surface area contributed by atoms with Gasteiger partial charge in [-0.25, -0.2) is 0 Å². The third kappa shape index (κ3) is 3.43. The Kier molecular flexibility index (Phi) is 4.57. The van der Waals surface area contributed by atoms with Crippen LogP contribution in [-0.2, 0) is 12.8 Å². The molecule has 5 nitrogen and oxygen atoms in total. The van der Waals surface area contributed by atoms with Crippen LogP contribution in [0.3, 0.4) is 0 Å². The van der Waals surface area contributed by atoms with Crippen molar-refractivity contribution in [2.45, 2.75) is 32.3 Å². The summed E-state index contributed by atoms with van der Waals surface area (Å²) in [4.78, 5) is 8.22. The SMILES string of the molecule is Cc1ccc2c3c(ccc2n1)OC[C@H](CNCC1CCc2[nH]c4ccccc4c2C1)O3. The number of benzene rings is 2. The number of rotatable bonds is 4. The van der Waals surface area contributed by atoms with Crippen molar-refractivity contribution < 1.29 is 9.47 Å². The van der Waals surface area contributed by atoms with E-state index >= 15 is 0 Å². The molecule has 1 aliphatic heterocycles. The summed E-state index contributed by atoms with van der Waals surface area (Å²) < 4.78 is 12.3. The Morgan fingerprint density at radius 1 is 1.06 bits per heavy atom. The second kappa shape index (κ2) is 7.57. The number of aromatic nitrogens is 2. The molecule has 0 amide bonds. The quantitative estimate of drug-likeness (QED) is 0.515. The number of nitrogens with one attached hydrogen (secondary N) is 2. The molecular weight excluding hydrogens is 386 g/mol. The number of hydrogen-bond acceptors (Lipinski definition) is 4. The van der Waals surface area contributed by atoms with Crippen LogP contribution in [0.4, 0.5) is 0 Å². The minimum atomic E-state index is 0.00615. The van der Waals surface area contributed by atoms with Crippen LogP contribution < -0.4 is 14.8 Å². The van der Waals surface area contributed by atoms with Gasteiger partial charge in [-0.2, -0.15) is 0 Å². The zero-order chi connectivity index (χ0) is 20.8. The first-order chi connectivity index (χ1) is 15.2. The highest BCUT2D eigenvalue weighted by Crippen LogP contribution is 2.38. The van der Waals surface area contributed by atoms with Gasteiger partial charge in [0, 0.05) is 34.2 Å². The molecule has 0 radical (unpaired) electrons. The highest BCUT2D eigenvalue weighted by Gasteiger charge is 2.25. The Labute approximate surface area is 181 Å². The first kappa shape index (κ1) is 18.7. The first-order valence-electron chi connectivity index (χ1n) is 11.2. The molecule has 5 heteroatoms. The smallest absolute Gasteiger partial charge is 0.171 e. The molecule has 0 spiro atoms. The van der Waals surface area contributed by atoms with E-state index in [-0.39, 0.29) is 6.10 Å². The number of pyridine rings is 1. The van der Waals surface area contributed by atoms with E-state index in [1.165, 1.54) is 28.6 Å². The molecule has 0 saturated carbocycles. The molecule has 3 heterocycles. The standard InChI is InChI=1S/C26H27N3O2/c1-16-6-8-20-23(28-16)10-11-25-26(20)31-18(15-30-25)14-27-13-17-7-9-24-21(12-17)19-4-2-3-5-22(19)29-24/h2-6,8,10-11,17-18,27,29H,7,9,12-15H2,1H3/t17?,18-/m0/s1. The number of aromatic amines is 1. The van der Waals surface area contributed by atoms with Crippen molar-refractivity contribution in [2.75, 3.05) is 19.7 Å². The molecule has 158 valence electrons. The normalized spacial score (nSPS) is 20.2. The second-order valence-electron chi connectivity index (χ2n) is 8.86. The topological polar surface area (TPSA) is 59.2 Å². The van der Waals surface area contributed by atoms with Gasteiger partial charge in [0.25, 0.3) is 0 Å². The summed E-state index contributed by atoms with van der Waals surface area (Å²) in [6.45, 7) is 4.36. The lowest BCUT2D eigenvalue weighted by molar-refractivity contribution is 0.0915. The molecule has 0 saturated heterocycles. The molecule has 2 aliphatic rings. The van der Waals surface area contributed by atoms with Gasteiger partial charge in [-0.15, -0.1) is 0 Å². The van der Waals surface area contributed by atoms with Crippen LogP contribution in [0.1, 0.15) is 23.4 Å². The van der Waals surface area contributed by atoms with Crippen LogP contribution in [0.25, 0.3) is 21.8 Å². The summed E-state index contributed by atoms with van der Waals surface area (Å²) in [6, 6.07) is 16.7. The van der Waals surface area contributed by atoms with Crippen molar-refractivity contribution in [2.24, 2.45) is 5.92 Å². The lowest BCUT2D eigenvalue weighted by atomic mass is 9.86. The fourth-order valence-corrected chi connectivity index (χ4v) is 5.04. The first-order valence-corrected chi connectivity index (χ1v) is 11.2. The van der Waals surface area contributed by atoms with Gasteiger partial charge in [0.2, 0.25) is 0 Å². The third-order valence-electron chi connectivity index (χ3n) is 6.64. The summed E-state index contributed by atoms with van der Waals surface area (Å²) in [5.74, 6) is 2.29. The highest BCUT2D eigenvalue weighted by molar-refractivity contribution is 5.88. The van der Waals surface area contributed by atoms with Crippen molar-refractivity contribution in [1.82, 2.24) is 15.3 Å².